The average molecular weight is 393 g/mol. The second-order valence-electron chi connectivity index (χ2n) is 6.42. The zero-order valence-corrected chi connectivity index (χ0v) is 16.4. The van der Waals surface area contributed by atoms with Crippen LogP contribution in [0.3, 0.4) is 0 Å². The number of carbonyl (C=O) groups is 3. The van der Waals surface area contributed by atoms with Crippen LogP contribution in [0, 0.1) is 0 Å². The maximum absolute atomic E-state index is 11.9. The fourth-order valence-corrected chi connectivity index (χ4v) is 2.43. The van der Waals surface area contributed by atoms with Crippen LogP contribution in [-0.4, -0.2) is 44.2 Å². The van der Waals surface area contributed by atoms with Crippen LogP contribution in [0.25, 0.3) is 0 Å². The Morgan fingerprint density at radius 1 is 1.00 bits per heavy atom. The normalized spacial score (nSPS) is 11.4. The highest BCUT2D eigenvalue weighted by Gasteiger charge is 2.12. The molecule has 0 unspecified atom stereocenters. The van der Waals surface area contributed by atoms with Gasteiger partial charge in [0.15, 0.2) is 0 Å². The first kappa shape index (κ1) is 23.4. The summed E-state index contributed by atoms with van der Waals surface area (Å²) >= 11 is 0. The fourth-order valence-electron chi connectivity index (χ4n) is 2.43. The summed E-state index contributed by atoms with van der Waals surface area (Å²) in [5.74, 6) is -0.428. The summed E-state index contributed by atoms with van der Waals surface area (Å²) in [5, 5.41) is 5.42. The van der Waals surface area contributed by atoms with E-state index >= 15 is 0 Å². The summed E-state index contributed by atoms with van der Waals surface area (Å²) in [6, 6.07) is 8.80. The Labute approximate surface area is 166 Å². The van der Waals surface area contributed by atoms with Gasteiger partial charge in [-0.1, -0.05) is 36.8 Å². The summed E-state index contributed by atoms with van der Waals surface area (Å²) in [5.41, 5.74) is 6.77. The van der Waals surface area contributed by atoms with Crippen molar-refractivity contribution in [2.45, 2.75) is 51.2 Å². The van der Waals surface area contributed by atoms with Crippen LogP contribution < -0.4 is 16.4 Å². The van der Waals surface area contributed by atoms with Crippen molar-refractivity contribution in [1.29, 1.82) is 0 Å². The van der Waals surface area contributed by atoms with E-state index in [-0.39, 0.29) is 18.5 Å². The number of carbonyl (C=O) groups excluding carboxylic acids is 3. The largest absolute Gasteiger partial charge is 0.469 e. The van der Waals surface area contributed by atoms with Crippen molar-refractivity contribution in [3.8, 4) is 0 Å². The summed E-state index contributed by atoms with van der Waals surface area (Å²) < 4.78 is 9.66. The molecule has 1 atom stereocenters. The number of alkyl carbamates (subject to hydrolysis) is 1. The topological polar surface area (TPSA) is 120 Å². The molecule has 1 rings (SSSR count). The van der Waals surface area contributed by atoms with Gasteiger partial charge in [-0.25, -0.2) is 4.79 Å². The van der Waals surface area contributed by atoms with E-state index in [1.165, 1.54) is 7.11 Å². The van der Waals surface area contributed by atoms with Crippen LogP contribution in [-0.2, 0) is 25.7 Å². The number of nitrogens with two attached hydrogens (primary N) is 1. The molecule has 28 heavy (non-hydrogen) atoms. The molecule has 0 heterocycles. The van der Waals surface area contributed by atoms with Gasteiger partial charge in [-0.05, 0) is 31.2 Å². The number of nitrogens with one attached hydrogen (secondary N) is 2. The molecular weight excluding hydrogens is 362 g/mol. The van der Waals surface area contributed by atoms with Gasteiger partial charge in [0.1, 0.15) is 6.61 Å². The Kier molecular flexibility index (Phi) is 12.1. The Morgan fingerprint density at radius 2 is 1.71 bits per heavy atom. The quantitative estimate of drug-likeness (QED) is 0.348. The lowest BCUT2D eigenvalue weighted by Crippen LogP contribution is -2.41. The highest BCUT2D eigenvalue weighted by molar-refractivity contribution is 5.81. The van der Waals surface area contributed by atoms with E-state index in [2.05, 4.69) is 15.4 Å². The van der Waals surface area contributed by atoms with Gasteiger partial charge in [0.05, 0.1) is 13.2 Å². The molecule has 0 fully saturated rings. The van der Waals surface area contributed by atoms with Crippen molar-refractivity contribution in [3.63, 3.8) is 0 Å². The van der Waals surface area contributed by atoms with E-state index < -0.39 is 12.1 Å². The minimum absolute atomic E-state index is 0.209. The monoisotopic (exact) mass is 393 g/mol. The predicted molar refractivity (Wildman–Crippen MR) is 105 cm³/mol. The minimum atomic E-state index is -0.614. The lowest BCUT2D eigenvalue weighted by atomic mass is 10.1. The Morgan fingerprint density at radius 3 is 2.43 bits per heavy atom. The summed E-state index contributed by atoms with van der Waals surface area (Å²) in [7, 11) is 1.37. The summed E-state index contributed by atoms with van der Waals surface area (Å²) in [6.07, 6.45) is 3.30. The number of benzene rings is 1. The number of amides is 2. The number of ether oxygens (including phenoxy) is 2. The van der Waals surface area contributed by atoms with E-state index in [1.807, 2.05) is 30.3 Å². The van der Waals surface area contributed by atoms with E-state index in [0.29, 0.717) is 32.4 Å². The zero-order chi connectivity index (χ0) is 20.6. The average Bonchev–Trinajstić information content (AvgIpc) is 2.72. The minimum Gasteiger partial charge on any atom is -0.469 e. The van der Waals surface area contributed by atoms with Crippen LogP contribution in [0.5, 0.6) is 0 Å². The third-order valence-corrected chi connectivity index (χ3v) is 4.10. The third-order valence-electron chi connectivity index (χ3n) is 4.10. The lowest BCUT2D eigenvalue weighted by Gasteiger charge is -2.12. The molecule has 0 spiro atoms. The highest BCUT2D eigenvalue weighted by atomic mass is 16.5. The molecule has 0 aliphatic heterocycles. The van der Waals surface area contributed by atoms with Gasteiger partial charge in [-0.2, -0.15) is 0 Å². The molecule has 156 valence electrons. The van der Waals surface area contributed by atoms with Crippen LogP contribution in [0.2, 0.25) is 0 Å². The zero-order valence-electron chi connectivity index (χ0n) is 16.4. The number of hydrogen-bond donors (Lipinski definition) is 3. The molecule has 1 aromatic rings. The second-order valence-corrected chi connectivity index (χ2v) is 6.42. The number of methoxy groups -OCH3 is 1. The molecule has 0 radical (unpaired) electrons. The Hall–Kier alpha value is -2.61. The van der Waals surface area contributed by atoms with Crippen molar-refractivity contribution in [1.82, 2.24) is 10.6 Å². The molecule has 0 saturated heterocycles. The number of esters is 1. The maximum atomic E-state index is 11.9. The van der Waals surface area contributed by atoms with Crippen LogP contribution in [0.4, 0.5) is 4.79 Å². The van der Waals surface area contributed by atoms with Crippen LogP contribution in [0.1, 0.15) is 44.1 Å². The molecule has 0 bridgehead atoms. The third kappa shape index (κ3) is 11.2. The van der Waals surface area contributed by atoms with Gasteiger partial charge >= 0.3 is 12.1 Å². The van der Waals surface area contributed by atoms with Crippen molar-refractivity contribution in [3.05, 3.63) is 35.9 Å². The number of hydrogen-bond acceptors (Lipinski definition) is 6. The second kappa shape index (κ2) is 14.4. The molecule has 1 aromatic carbocycles. The van der Waals surface area contributed by atoms with Gasteiger partial charge in [0, 0.05) is 19.5 Å². The summed E-state index contributed by atoms with van der Waals surface area (Å²) in [6.45, 7) is 1.13. The van der Waals surface area contributed by atoms with E-state index in [0.717, 1.165) is 24.8 Å². The molecule has 2 amide bonds. The van der Waals surface area contributed by atoms with Gasteiger partial charge in [-0.15, -0.1) is 0 Å². The molecule has 8 nitrogen and oxygen atoms in total. The molecule has 0 aromatic heterocycles. The van der Waals surface area contributed by atoms with Crippen molar-refractivity contribution in [2.75, 3.05) is 20.2 Å². The van der Waals surface area contributed by atoms with Gasteiger partial charge in [-0.3, -0.25) is 9.59 Å². The van der Waals surface area contributed by atoms with E-state index in [1.54, 1.807) is 0 Å². The van der Waals surface area contributed by atoms with Gasteiger partial charge in [0.2, 0.25) is 5.91 Å². The molecule has 8 heteroatoms. The lowest BCUT2D eigenvalue weighted by molar-refractivity contribution is -0.140. The Balaban J connectivity index is 2.01. The molecule has 4 N–H and O–H groups in total. The number of rotatable bonds is 13. The van der Waals surface area contributed by atoms with Gasteiger partial charge in [0.25, 0.3) is 0 Å². The highest BCUT2D eigenvalue weighted by Crippen LogP contribution is 2.02. The van der Waals surface area contributed by atoms with E-state index in [4.69, 9.17) is 10.5 Å². The standard InChI is InChI=1S/C20H31N3O5/c1-27-18(24)12-6-3-7-13-22-19(25)17(21)11-8-14-23-20(26)28-15-16-9-4-2-5-10-16/h2,4-5,9-10,17H,3,6-8,11-15,21H2,1H3,(H,22,25)(H,23,26)/t17-/m0/s1. The number of unbranched alkanes of at least 4 members (excludes halogenated alkanes) is 2. The van der Waals surface area contributed by atoms with Crippen molar-refractivity contribution < 1.29 is 23.9 Å². The van der Waals surface area contributed by atoms with Crippen LogP contribution in [0.15, 0.2) is 30.3 Å². The molecule has 0 aliphatic rings. The van der Waals surface area contributed by atoms with Crippen molar-refractivity contribution in [2.24, 2.45) is 5.73 Å². The fraction of sp³-hybridized carbons (Fsp3) is 0.550. The Bertz CT molecular complexity index is 595. The predicted octanol–water partition coefficient (Wildman–Crippen LogP) is 1.87. The first-order valence-corrected chi connectivity index (χ1v) is 9.57. The van der Waals surface area contributed by atoms with Crippen LogP contribution >= 0.6 is 0 Å². The van der Waals surface area contributed by atoms with Gasteiger partial charge < -0.3 is 25.8 Å². The molecule has 0 aliphatic carbocycles. The van der Waals surface area contributed by atoms with E-state index in [9.17, 15) is 14.4 Å². The van der Waals surface area contributed by atoms with Crippen molar-refractivity contribution >= 4 is 18.0 Å². The SMILES string of the molecule is COC(=O)CCCCCNC(=O)[C@@H](N)CCCNC(=O)OCc1ccccc1. The molecular formula is C20H31N3O5. The smallest absolute Gasteiger partial charge is 0.407 e. The maximum Gasteiger partial charge on any atom is 0.407 e. The summed E-state index contributed by atoms with van der Waals surface area (Å²) in [4.78, 5) is 34.5. The first-order chi connectivity index (χ1) is 13.5. The molecule has 0 saturated carbocycles. The first-order valence-electron chi connectivity index (χ1n) is 9.57.